The van der Waals surface area contributed by atoms with Gasteiger partial charge in [-0.05, 0) is 102 Å². The molecule has 4 amide bonds. The van der Waals surface area contributed by atoms with Gasteiger partial charge >= 0.3 is 11.8 Å². The molecule has 3 fully saturated rings. The van der Waals surface area contributed by atoms with Crippen molar-refractivity contribution < 1.29 is 32.3 Å². The van der Waals surface area contributed by atoms with E-state index in [-0.39, 0.29) is 11.6 Å². The topological polar surface area (TPSA) is 189 Å². The fraction of sp³-hybridized carbons (Fsp3) is 0.667. The second-order valence-electron chi connectivity index (χ2n) is 17.3. The average molecular weight is 771 g/mol. The maximum absolute atomic E-state index is 13.9. The lowest BCUT2D eigenvalue weighted by atomic mass is 9.85. The molecule has 15 heteroatoms. The molecule has 1 saturated heterocycles. The lowest BCUT2D eigenvalue weighted by molar-refractivity contribution is -0.143. The Morgan fingerprint density at radius 2 is 1.74 bits per heavy atom. The van der Waals surface area contributed by atoms with E-state index in [4.69, 9.17) is 4.74 Å². The summed E-state index contributed by atoms with van der Waals surface area (Å²) in [6, 6.07) is 5.68. The Morgan fingerprint density at radius 1 is 1.06 bits per heavy atom. The smallest absolute Gasteiger partial charge is 0.408 e. The fourth-order valence-electron chi connectivity index (χ4n) is 7.55. The molecule has 2 heterocycles. The van der Waals surface area contributed by atoms with Crippen molar-refractivity contribution in [2.45, 2.75) is 147 Å². The number of para-hydroxylation sites is 2. The summed E-state index contributed by atoms with van der Waals surface area (Å²) in [5.41, 5.74) is -1.34. The van der Waals surface area contributed by atoms with Crippen molar-refractivity contribution in [3.05, 3.63) is 46.9 Å². The number of nitrogens with zero attached hydrogens (tertiary/aromatic N) is 2. The minimum atomic E-state index is -4.05. The molecular weight excluding hydrogens is 713 g/mol. The molecule has 2 aliphatic carbocycles. The summed E-state index contributed by atoms with van der Waals surface area (Å²) in [7, 11) is -4.05. The molecule has 1 aromatic heterocycles. The van der Waals surface area contributed by atoms with Crippen LogP contribution in [0.1, 0.15) is 113 Å². The number of fused-ring (bicyclic) bond motifs is 1. The molecule has 4 atom stereocenters. The van der Waals surface area contributed by atoms with Gasteiger partial charge < -0.3 is 25.3 Å². The first-order valence-corrected chi connectivity index (χ1v) is 20.7. The van der Waals surface area contributed by atoms with Gasteiger partial charge in [-0.2, -0.15) is 0 Å². The molecule has 1 aliphatic heterocycles. The average Bonchev–Trinajstić information content (AvgIpc) is 3.93. The third-order valence-corrected chi connectivity index (χ3v) is 13.1. The third-order valence-electron chi connectivity index (χ3n) is 10.9. The molecule has 1 aromatic carbocycles. The monoisotopic (exact) mass is 770 g/mol. The fourth-order valence-corrected chi connectivity index (χ4v) is 9.22. The zero-order chi connectivity index (χ0) is 39.7. The quantitative estimate of drug-likeness (QED) is 0.149. The van der Waals surface area contributed by atoms with Crippen molar-refractivity contribution in [2.24, 2.45) is 11.3 Å². The number of H-pyrrole nitrogens is 1. The number of unbranched alkanes of at least 4 members (excludes halogenated alkanes) is 1. The van der Waals surface area contributed by atoms with Crippen molar-refractivity contribution in [1.82, 2.24) is 29.8 Å². The van der Waals surface area contributed by atoms with Crippen molar-refractivity contribution in [3.63, 3.8) is 0 Å². The number of rotatable bonds is 15. The molecule has 5 rings (SSSR count). The number of hydrogen-bond donors (Lipinski definition) is 4. The van der Waals surface area contributed by atoms with Gasteiger partial charge in [-0.25, -0.2) is 18.0 Å². The van der Waals surface area contributed by atoms with E-state index >= 15 is 0 Å². The normalized spacial score (nSPS) is 22.9. The molecule has 4 unspecified atom stereocenters. The number of aryl methyl sites for hydroxylation is 1. The highest BCUT2D eigenvalue weighted by Gasteiger charge is 2.63. The van der Waals surface area contributed by atoms with Gasteiger partial charge in [-0.15, -0.1) is 0 Å². The van der Waals surface area contributed by atoms with Gasteiger partial charge in [0.1, 0.15) is 23.2 Å². The predicted octanol–water partition coefficient (Wildman–Crippen LogP) is 4.64. The Bertz CT molecular complexity index is 1930. The van der Waals surface area contributed by atoms with E-state index in [1.165, 1.54) is 4.90 Å². The molecule has 54 heavy (non-hydrogen) atoms. The number of alkyl carbamates (subject to hydrolysis) is 1. The van der Waals surface area contributed by atoms with Gasteiger partial charge in [0.2, 0.25) is 21.8 Å². The number of imidazole rings is 1. The minimum absolute atomic E-state index is 0.143. The third kappa shape index (κ3) is 9.03. The van der Waals surface area contributed by atoms with Gasteiger partial charge in [-0.3, -0.25) is 23.7 Å². The first kappa shape index (κ1) is 41.0. The van der Waals surface area contributed by atoms with E-state index in [1.54, 1.807) is 25.3 Å². The van der Waals surface area contributed by atoms with Gasteiger partial charge in [0.25, 0.3) is 5.91 Å². The Labute approximate surface area is 318 Å². The minimum Gasteiger partial charge on any atom is -0.444 e. The number of benzene rings is 1. The molecule has 298 valence electrons. The first-order chi connectivity index (χ1) is 25.2. The van der Waals surface area contributed by atoms with E-state index in [9.17, 15) is 32.4 Å². The standard InChI is InChI=1S/C39H58N6O8S/c1-8-26-25-39(26,42-31(46)29-19-16-24-44(29)32(47)30(36(2,3)4)41-35(50)53-37(5,6)7)33(48)43-54(51,52)38(21-22-38)20-14-10-9-11-15-23-45-28-18-13-12-17-27(28)40-34(45)49/h9-10,12-13,17-18,26,29-30H,8,11,14-16,19-25H2,1-7H3,(H,40,49)(H,41,50)(H,42,46)(H,43,48). The molecule has 2 saturated carbocycles. The SMILES string of the molecule is CCC1CC1(NC(=O)C1CCCN1C(=O)C(NC(=O)OC(C)(C)C)C(C)(C)C)C(=O)NS(=O)(=O)C1(CCC=CCCCn2c(=O)[nH]c3ccccc32)CC1. The van der Waals surface area contributed by atoms with Crippen molar-refractivity contribution >= 4 is 44.9 Å². The number of nitrogens with one attached hydrogen (secondary N) is 4. The van der Waals surface area contributed by atoms with Crippen LogP contribution in [0, 0.1) is 11.3 Å². The summed E-state index contributed by atoms with van der Waals surface area (Å²) in [6.07, 6.45) is 8.21. The van der Waals surface area contributed by atoms with Crippen molar-refractivity contribution in [2.75, 3.05) is 6.54 Å². The van der Waals surface area contributed by atoms with Crippen LogP contribution in [0.15, 0.2) is 41.2 Å². The van der Waals surface area contributed by atoms with Gasteiger partial charge in [-0.1, -0.05) is 58.4 Å². The number of ether oxygens (including phenoxy) is 1. The number of sulfonamides is 1. The summed E-state index contributed by atoms with van der Waals surface area (Å²) in [5, 5.41) is 5.58. The van der Waals surface area contributed by atoms with Gasteiger partial charge in [0.05, 0.1) is 15.8 Å². The zero-order valence-electron chi connectivity index (χ0n) is 32.8. The number of aromatic nitrogens is 2. The second kappa shape index (κ2) is 15.5. The van der Waals surface area contributed by atoms with Crippen LogP contribution in [-0.2, 0) is 35.7 Å². The highest BCUT2D eigenvalue weighted by Crippen LogP contribution is 2.49. The Morgan fingerprint density at radius 3 is 2.37 bits per heavy atom. The van der Waals surface area contributed by atoms with Crippen LogP contribution in [0.4, 0.5) is 4.79 Å². The van der Waals surface area contributed by atoms with Crippen LogP contribution in [0.3, 0.4) is 0 Å². The number of likely N-dealkylation sites (tertiary alicyclic amines) is 1. The summed E-state index contributed by atoms with van der Waals surface area (Å²) >= 11 is 0. The van der Waals surface area contributed by atoms with E-state index in [2.05, 4.69) is 20.3 Å². The molecule has 2 aromatic rings. The first-order valence-electron chi connectivity index (χ1n) is 19.2. The number of hydrogen-bond acceptors (Lipinski definition) is 8. The second-order valence-corrected chi connectivity index (χ2v) is 19.4. The summed E-state index contributed by atoms with van der Waals surface area (Å²) in [6.45, 7) is 13.4. The van der Waals surface area contributed by atoms with E-state index < -0.39 is 67.2 Å². The van der Waals surface area contributed by atoms with Crippen LogP contribution in [0.25, 0.3) is 11.0 Å². The Balaban J connectivity index is 1.16. The largest absolute Gasteiger partial charge is 0.444 e. The molecular formula is C39H58N6O8S. The zero-order valence-corrected chi connectivity index (χ0v) is 33.6. The van der Waals surface area contributed by atoms with E-state index in [0.717, 1.165) is 23.9 Å². The van der Waals surface area contributed by atoms with Crippen LogP contribution in [-0.4, -0.2) is 81.2 Å². The van der Waals surface area contributed by atoms with Crippen molar-refractivity contribution in [3.8, 4) is 0 Å². The molecule has 4 N–H and O–H groups in total. The summed E-state index contributed by atoms with van der Waals surface area (Å²) < 4.78 is 35.7. The Hall–Kier alpha value is -4.14. The molecule has 14 nitrogen and oxygen atoms in total. The van der Waals surface area contributed by atoms with Crippen LogP contribution >= 0.6 is 0 Å². The van der Waals surface area contributed by atoms with Crippen molar-refractivity contribution in [1.29, 1.82) is 0 Å². The number of aromatic amines is 1. The number of allylic oxidation sites excluding steroid dienone is 2. The maximum Gasteiger partial charge on any atom is 0.408 e. The molecule has 3 aliphatic rings. The summed E-state index contributed by atoms with van der Waals surface area (Å²) in [4.78, 5) is 70.9. The van der Waals surface area contributed by atoms with Gasteiger partial charge in [0.15, 0.2) is 0 Å². The number of carbonyl (C=O) groups excluding carboxylic acids is 4. The predicted molar refractivity (Wildman–Crippen MR) is 206 cm³/mol. The lowest BCUT2D eigenvalue weighted by Crippen LogP contribution is -2.60. The number of amides is 4. The lowest BCUT2D eigenvalue weighted by Gasteiger charge is -2.36. The van der Waals surface area contributed by atoms with Gasteiger partial charge in [0, 0.05) is 13.1 Å². The highest BCUT2D eigenvalue weighted by molar-refractivity contribution is 7.91. The Kier molecular flexibility index (Phi) is 11.8. The van der Waals surface area contributed by atoms with Crippen LogP contribution in [0.2, 0.25) is 0 Å². The maximum atomic E-state index is 13.9. The summed E-state index contributed by atoms with van der Waals surface area (Å²) in [5.74, 6) is -1.94. The molecule has 0 bridgehead atoms. The highest BCUT2D eigenvalue weighted by atomic mass is 32.2. The van der Waals surface area contributed by atoms with E-state index in [0.29, 0.717) is 64.5 Å². The number of carbonyl (C=O) groups is 4. The molecule has 0 radical (unpaired) electrons. The van der Waals surface area contributed by atoms with E-state index in [1.807, 2.05) is 64.1 Å². The molecule has 0 spiro atoms. The van der Waals surface area contributed by atoms with Crippen LogP contribution < -0.4 is 21.0 Å². The van der Waals surface area contributed by atoms with Crippen LogP contribution in [0.5, 0.6) is 0 Å².